The molecule has 0 saturated heterocycles. The summed E-state index contributed by atoms with van der Waals surface area (Å²) in [6, 6.07) is 9.08. The van der Waals surface area contributed by atoms with Gasteiger partial charge < -0.3 is 14.6 Å². The van der Waals surface area contributed by atoms with Crippen molar-refractivity contribution < 1.29 is 24.2 Å². The first-order valence-electron chi connectivity index (χ1n) is 6.53. The summed E-state index contributed by atoms with van der Waals surface area (Å²) >= 11 is 3.21. The fourth-order valence-electron chi connectivity index (χ4n) is 1.98. The Morgan fingerprint density at radius 3 is 2.57 bits per heavy atom. The van der Waals surface area contributed by atoms with Crippen molar-refractivity contribution in [1.29, 1.82) is 0 Å². The van der Waals surface area contributed by atoms with Gasteiger partial charge in [0.25, 0.3) is 11.8 Å². The number of nitrogens with one attached hydrogen (secondary N) is 2. The monoisotopic (exact) mass is 378 g/mol. The van der Waals surface area contributed by atoms with Gasteiger partial charge in [-0.3, -0.25) is 20.4 Å². The molecule has 0 radical (unpaired) electrons. The number of hydrogen-bond donors (Lipinski definition) is 3. The third-order valence-electron chi connectivity index (χ3n) is 3.13. The average Bonchev–Trinajstić information content (AvgIpc) is 3.02. The number of hydrazine groups is 1. The Morgan fingerprint density at radius 2 is 1.74 bits per heavy atom. The summed E-state index contributed by atoms with van der Waals surface area (Å²) < 4.78 is 11.0. The smallest absolute Gasteiger partial charge is 0.273 e. The van der Waals surface area contributed by atoms with Gasteiger partial charge in [0.05, 0.1) is 5.56 Å². The highest BCUT2D eigenvalue weighted by atomic mass is 79.9. The van der Waals surface area contributed by atoms with Crippen LogP contribution in [0.15, 0.2) is 40.9 Å². The SMILES string of the molecule is O=C(NNC(=O)c1cc(Br)ccc1O)c1ccc2c(c1)OCO2. The lowest BCUT2D eigenvalue weighted by atomic mass is 10.2. The van der Waals surface area contributed by atoms with Crippen molar-refractivity contribution in [2.75, 3.05) is 6.79 Å². The Labute approximate surface area is 139 Å². The van der Waals surface area contributed by atoms with E-state index in [1.54, 1.807) is 18.2 Å². The van der Waals surface area contributed by atoms with Gasteiger partial charge in [-0.15, -0.1) is 0 Å². The van der Waals surface area contributed by atoms with Crippen LogP contribution in [0.25, 0.3) is 0 Å². The highest BCUT2D eigenvalue weighted by Crippen LogP contribution is 2.32. The van der Waals surface area contributed by atoms with Crippen LogP contribution in [0.4, 0.5) is 0 Å². The molecule has 0 saturated carbocycles. The van der Waals surface area contributed by atoms with Crippen molar-refractivity contribution in [2.45, 2.75) is 0 Å². The number of phenolic OH excluding ortho intramolecular Hbond substituents is 1. The van der Waals surface area contributed by atoms with E-state index in [0.717, 1.165) is 0 Å². The molecule has 3 N–H and O–H groups in total. The number of carbonyl (C=O) groups is 2. The van der Waals surface area contributed by atoms with Crippen LogP contribution >= 0.6 is 15.9 Å². The zero-order valence-corrected chi connectivity index (χ0v) is 13.2. The van der Waals surface area contributed by atoms with Crippen molar-refractivity contribution in [3.63, 3.8) is 0 Å². The molecule has 1 aliphatic heterocycles. The van der Waals surface area contributed by atoms with Gasteiger partial charge in [0.2, 0.25) is 6.79 Å². The average molecular weight is 379 g/mol. The van der Waals surface area contributed by atoms with Crippen LogP contribution in [0.5, 0.6) is 17.2 Å². The molecule has 1 aliphatic rings. The molecule has 0 aromatic heterocycles. The minimum absolute atomic E-state index is 0.0327. The number of aromatic hydroxyl groups is 1. The molecule has 0 spiro atoms. The first-order valence-corrected chi connectivity index (χ1v) is 7.33. The molecule has 1 heterocycles. The largest absolute Gasteiger partial charge is 0.507 e. The standard InChI is InChI=1S/C15H11BrN2O5/c16-9-2-3-11(19)10(6-9)15(21)18-17-14(20)8-1-4-12-13(5-8)23-7-22-12/h1-6,19H,7H2,(H,17,20)(H,18,21). The minimum atomic E-state index is -0.641. The molecule has 3 rings (SSSR count). The highest BCUT2D eigenvalue weighted by Gasteiger charge is 2.17. The lowest BCUT2D eigenvalue weighted by molar-refractivity contribution is 0.0845. The van der Waals surface area contributed by atoms with Crippen LogP contribution in [0.3, 0.4) is 0 Å². The summed E-state index contributed by atoms with van der Waals surface area (Å²) in [7, 11) is 0. The summed E-state index contributed by atoms with van der Waals surface area (Å²) in [4.78, 5) is 24.0. The number of ether oxygens (including phenoxy) is 2. The van der Waals surface area contributed by atoms with Gasteiger partial charge in [-0.1, -0.05) is 15.9 Å². The van der Waals surface area contributed by atoms with Crippen LogP contribution in [-0.2, 0) is 0 Å². The Bertz CT molecular complexity index is 793. The third kappa shape index (κ3) is 3.21. The van der Waals surface area contributed by atoms with Crippen LogP contribution in [0, 0.1) is 0 Å². The molecule has 118 valence electrons. The molecule has 0 atom stereocenters. The van der Waals surface area contributed by atoms with E-state index in [1.807, 2.05) is 0 Å². The maximum absolute atomic E-state index is 12.0. The van der Waals surface area contributed by atoms with Crippen molar-refractivity contribution in [3.05, 3.63) is 52.0 Å². The molecule has 2 amide bonds. The molecule has 0 unspecified atom stereocenters. The van der Waals surface area contributed by atoms with Crippen LogP contribution in [0.2, 0.25) is 0 Å². The van der Waals surface area contributed by atoms with Crippen LogP contribution in [0.1, 0.15) is 20.7 Å². The molecular formula is C15H11BrN2O5. The molecule has 2 aromatic carbocycles. The number of benzene rings is 2. The molecular weight excluding hydrogens is 368 g/mol. The maximum atomic E-state index is 12.0. The van der Waals surface area contributed by atoms with Gasteiger partial charge >= 0.3 is 0 Å². The predicted molar refractivity (Wildman–Crippen MR) is 83.3 cm³/mol. The number of fused-ring (bicyclic) bond motifs is 1. The Morgan fingerprint density at radius 1 is 1.00 bits per heavy atom. The summed E-state index contributed by atoms with van der Waals surface area (Å²) in [6.45, 7) is 0.110. The van der Waals surface area contributed by atoms with Gasteiger partial charge in [-0.05, 0) is 36.4 Å². The van der Waals surface area contributed by atoms with E-state index in [2.05, 4.69) is 26.8 Å². The van der Waals surface area contributed by atoms with Gasteiger partial charge in [-0.25, -0.2) is 0 Å². The number of carbonyl (C=O) groups excluding carboxylic acids is 2. The van der Waals surface area contributed by atoms with E-state index in [1.165, 1.54) is 18.2 Å². The highest BCUT2D eigenvalue weighted by molar-refractivity contribution is 9.10. The summed E-state index contributed by atoms with van der Waals surface area (Å²) in [5, 5.41) is 9.67. The number of amides is 2. The van der Waals surface area contributed by atoms with Gasteiger partial charge in [0, 0.05) is 10.0 Å². The van der Waals surface area contributed by atoms with Crippen LogP contribution in [-0.4, -0.2) is 23.7 Å². The minimum Gasteiger partial charge on any atom is -0.507 e. The fraction of sp³-hybridized carbons (Fsp3) is 0.0667. The number of halogens is 1. The fourth-order valence-corrected chi connectivity index (χ4v) is 2.34. The second-order valence-corrected chi connectivity index (χ2v) is 5.55. The predicted octanol–water partition coefficient (Wildman–Crippen LogP) is 1.96. The summed E-state index contributed by atoms with van der Waals surface area (Å²) in [5.74, 6) is -0.328. The molecule has 8 heteroatoms. The quantitative estimate of drug-likeness (QED) is 0.694. The van der Waals surface area contributed by atoms with Crippen molar-refractivity contribution in [1.82, 2.24) is 10.9 Å². The zero-order valence-electron chi connectivity index (χ0n) is 11.6. The first-order chi connectivity index (χ1) is 11.0. The third-order valence-corrected chi connectivity index (χ3v) is 3.62. The van der Waals surface area contributed by atoms with Crippen molar-refractivity contribution in [3.8, 4) is 17.2 Å². The first kappa shape index (κ1) is 15.2. The normalized spacial score (nSPS) is 11.9. The van der Waals surface area contributed by atoms with E-state index in [0.29, 0.717) is 21.5 Å². The van der Waals surface area contributed by atoms with E-state index >= 15 is 0 Å². The maximum Gasteiger partial charge on any atom is 0.273 e. The molecule has 0 aliphatic carbocycles. The van der Waals surface area contributed by atoms with Crippen molar-refractivity contribution in [2.24, 2.45) is 0 Å². The second-order valence-electron chi connectivity index (χ2n) is 4.64. The summed E-state index contributed by atoms with van der Waals surface area (Å²) in [5.41, 5.74) is 4.85. The zero-order chi connectivity index (χ0) is 16.4. The topological polar surface area (TPSA) is 96.9 Å². The van der Waals surface area contributed by atoms with E-state index < -0.39 is 11.8 Å². The van der Waals surface area contributed by atoms with Gasteiger partial charge in [-0.2, -0.15) is 0 Å². The van der Waals surface area contributed by atoms with E-state index in [4.69, 9.17) is 9.47 Å². The second kappa shape index (κ2) is 6.17. The van der Waals surface area contributed by atoms with Gasteiger partial charge in [0.1, 0.15) is 5.75 Å². The van der Waals surface area contributed by atoms with E-state index in [-0.39, 0.29) is 18.1 Å². The Kier molecular flexibility index (Phi) is 4.07. The van der Waals surface area contributed by atoms with Crippen LogP contribution < -0.4 is 20.3 Å². The Hall–Kier alpha value is -2.74. The summed E-state index contributed by atoms with van der Waals surface area (Å²) in [6.07, 6.45) is 0. The van der Waals surface area contributed by atoms with E-state index in [9.17, 15) is 14.7 Å². The number of hydrogen-bond acceptors (Lipinski definition) is 5. The number of rotatable bonds is 2. The lowest BCUT2D eigenvalue weighted by Gasteiger charge is -2.09. The molecule has 7 nitrogen and oxygen atoms in total. The van der Waals surface area contributed by atoms with Crippen molar-refractivity contribution >= 4 is 27.7 Å². The molecule has 0 bridgehead atoms. The number of phenols is 1. The Balaban J connectivity index is 1.67. The lowest BCUT2D eigenvalue weighted by Crippen LogP contribution is -2.41. The molecule has 0 fully saturated rings. The molecule has 2 aromatic rings. The molecule has 23 heavy (non-hydrogen) atoms. The van der Waals surface area contributed by atoms with Gasteiger partial charge in [0.15, 0.2) is 11.5 Å².